The molecule has 0 fully saturated rings. The lowest BCUT2D eigenvalue weighted by atomic mass is 10.2. The van der Waals surface area contributed by atoms with Crippen LogP contribution in [0.5, 0.6) is 5.75 Å². The highest BCUT2D eigenvalue weighted by atomic mass is 35.5. The summed E-state index contributed by atoms with van der Waals surface area (Å²) in [7, 11) is 0. The third kappa shape index (κ3) is 5.23. The zero-order valence-corrected chi connectivity index (χ0v) is 17.3. The fourth-order valence-electron chi connectivity index (χ4n) is 2.73. The fraction of sp³-hybridized carbons (Fsp3) is 0.0435. The molecule has 4 rings (SSSR count). The van der Waals surface area contributed by atoms with E-state index in [0.29, 0.717) is 15.7 Å². The Morgan fingerprint density at radius 1 is 1.07 bits per heavy atom. The number of hydrazone groups is 1. The second-order valence-electron chi connectivity index (χ2n) is 6.38. The van der Waals surface area contributed by atoms with E-state index in [1.165, 1.54) is 23.6 Å². The molecule has 30 heavy (non-hydrogen) atoms. The van der Waals surface area contributed by atoms with E-state index in [4.69, 9.17) is 16.3 Å². The number of aromatic nitrogens is 1. The fourth-order valence-corrected chi connectivity index (χ4v) is 3.61. The Kier molecular flexibility index (Phi) is 6.37. The number of anilines is 1. The number of nitrogens with zero attached hydrogens (tertiary/aromatic N) is 2. The number of hydrogen-bond acceptors (Lipinski definition) is 5. The van der Waals surface area contributed by atoms with Gasteiger partial charge in [0, 0.05) is 16.0 Å². The Labute approximate surface area is 182 Å². The SMILES string of the molecule is Fc1cc(C=NNc2nc(-c3ccccc3)cs2)ccc1OCc1cccc(Cl)c1. The summed E-state index contributed by atoms with van der Waals surface area (Å²) in [6.45, 7) is 0.236. The van der Waals surface area contributed by atoms with Crippen molar-refractivity contribution in [3.8, 4) is 17.0 Å². The summed E-state index contributed by atoms with van der Waals surface area (Å²) in [5, 5.41) is 7.38. The summed E-state index contributed by atoms with van der Waals surface area (Å²) in [5.74, 6) is -0.283. The van der Waals surface area contributed by atoms with Gasteiger partial charge in [-0.25, -0.2) is 9.37 Å². The number of halogens is 2. The molecule has 0 atom stereocenters. The molecule has 150 valence electrons. The smallest absolute Gasteiger partial charge is 0.203 e. The van der Waals surface area contributed by atoms with Gasteiger partial charge in [0.05, 0.1) is 11.9 Å². The van der Waals surface area contributed by atoms with Gasteiger partial charge in [0.15, 0.2) is 11.6 Å². The van der Waals surface area contributed by atoms with E-state index in [1.54, 1.807) is 24.3 Å². The Hall–Kier alpha value is -3.22. The highest BCUT2D eigenvalue weighted by molar-refractivity contribution is 7.14. The Morgan fingerprint density at radius 2 is 1.93 bits per heavy atom. The first-order valence-electron chi connectivity index (χ1n) is 9.14. The normalized spacial score (nSPS) is 11.0. The number of hydrogen-bond donors (Lipinski definition) is 1. The molecule has 3 aromatic carbocycles. The van der Waals surface area contributed by atoms with E-state index in [1.807, 2.05) is 47.8 Å². The molecule has 1 aromatic heterocycles. The molecule has 1 heterocycles. The summed E-state index contributed by atoms with van der Waals surface area (Å²) in [5.41, 5.74) is 6.28. The van der Waals surface area contributed by atoms with Crippen LogP contribution >= 0.6 is 22.9 Å². The van der Waals surface area contributed by atoms with Crippen LogP contribution in [0.4, 0.5) is 9.52 Å². The van der Waals surface area contributed by atoms with Gasteiger partial charge in [-0.3, -0.25) is 5.43 Å². The van der Waals surface area contributed by atoms with Crippen LogP contribution in [0.15, 0.2) is 83.3 Å². The highest BCUT2D eigenvalue weighted by Gasteiger charge is 2.06. The first kappa shape index (κ1) is 20.1. The molecule has 1 N–H and O–H groups in total. The third-order valence-corrected chi connectivity index (χ3v) is 5.17. The van der Waals surface area contributed by atoms with Crippen molar-refractivity contribution in [2.75, 3.05) is 5.43 Å². The lowest BCUT2D eigenvalue weighted by Crippen LogP contribution is -1.98. The van der Waals surface area contributed by atoms with Crippen LogP contribution in [-0.4, -0.2) is 11.2 Å². The van der Waals surface area contributed by atoms with Crippen molar-refractivity contribution in [3.05, 3.63) is 100 Å². The molecular formula is C23H17ClFN3OS. The van der Waals surface area contributed by atoms with E-state index in [0.717, 1.165) is 16.8 Å². The predicted octanol–water partition coefficient (Wildman–Crippen LogP) is 6.63. The zero-order chi connectivity index (χ0) is 20.8. The van der Waals surface area contributed by atoms with Crippen LogP contribution in [0.1, 0.15) is 11.1 Å². The van der Waals surface area contributed by atoms with Gasteiger partial charge in [-0.2, -0.15) is 5.10 Å². The third-order valence-electron chi connectivity index (χ3n) is 4.19. The van der Waals surface area contributed by atoms with Crippen molar-refractivity contribution in [2.45, 2.75) is 6.61 Å². The van der Waals surface area contributed by atoms with Gasteiger partial charge in [-0.05, 0) is 41.5 Å². The van der Waals surface area contributed by atoms with Gasteiger partial charge < -0.3 is 4.74 Å². The van der Waals surface area contributed by atoms with Crippen LogP contribution < -0.4 is 10.2 Å². The minimum Gasteiger partial charge on any atom is -0.486 e. The Morgan fingerprint density at radius 3 is 2.73 bits per heavy atom. The maximum atomic E-state index is 14.3. The Balaban J connectivity index is 1.35. The maximum absolute atomic E-state index is 14.3. The number of benzene rings is 3. The van der Waals surface area contributed by atoms with E-state index in [-0.39, 0.29) is 12.4 Å². The minimum absolute atomic E-state index is 0.174. The Bertz CT molecular complexity index is 1160. The zero-order valence-electron chi connectivity index (χ0n) is 15.8. The first-order chi connectivity index (χ1) is 14.7. The topological polar surface area (TPSA) is 46.5 Å². The molecule has 0 saturated heterocycles. The maximum Gasteiger partial charge on any atom is 0.203 e. The van der Waals surface area contributed by atoms with Crippen molar-refractivity contribution in [2.24, 2.45) is 5.10 Å². The molecule has 0 amide bonds. The lowest BCUT2D eigenvalue weighted by Gasteiger charge is -2.08. The highest BCUT2D eigenvalue weighted by Crippen LogP contribution is 2.24. The molecule has 0 bridgehead atoms. The lowest BCUT2D eigenvalue weighted by molar-refractivity contribution is 0.290. The van der Waals surface area contributed by atoms with Gasteiger partial charge in [0.1, 0.15) is 6.61 Å². The van der Waals surface area contributed by atoms with Gasteiger partial charge in [0.25, 0.3) is 0 Å². The summed E-state index contributed by atoms with van der Waals surface area (Å²) in [6.07, 6.45) is 1.54. The predicted molar refractivity (Wildman–Crippen MR) is 121 cm³/mol. The summed E-state index contributed by atoms with van der Waals surface area (Å²) in [6, 6.07) is 21.9. The van der Waals surface area contributed by atoms with E-state index >= 15 is 0 Å². The quantitative estimate of drug-likeness (QED) is 0.261. The molecule has 0 aliphatic carbocycles. The van der Waals surface area contributed by atoms with Gasteiger partial charge in [-0.1, -0.05) is 54.1 Å². The largest absolute Gasteiger partial charge is 0.486 e. The average molecular weight is 438 g/mol. The first-order valence-corrected chi connectivity index (χ1v) is 10.4. The number of thiazole rings is 1. The van der Waals surface area contributed by atoms with Crippen molar-refractivity contribution in [3.63, 3.8) is 0 Å². The molecule has 0 saturated carbocycles. The molecule has 0 radical (unpaired) electrons. The van der Waals surface area contributed by atoms with Crippen LogP contribution in [-0.2, 0) is 6.61 Å². The van der Waals surface area contributed by atoms with Crippen molar-refractivity contribution >= 4 is 34.3 Å². The summed E-state index contributed by atoms with van der Waals surface area (Å²) < 4.78 is 19.9. The molecule has 4 nitrogen and oxygen atoms in total. The molecular weight excluding hydrogens is 421 g/mol. The number of ether oxygens (including phenoxy) is 1. The van der Waals surface area contributed by atoms with Crippen molar-refractivity contribution < 1.29 is 9.13 Å². The number of rotatable bonds is 7. The molecule has 0 aliphatic rings. The monoisotopic (exact) mass is 437 g/mol. The minimum atomic E-state index is -0.457. The molecule has 0 unspecified atom stereocenters. The summed E-state index contributed by atoms with van der Waals surface area (Å²) in [4.78, 5) is 4.49. The standard InChI is InChI=1S/C23H17ClFN3OS/c24-19-8-4-5-17(11-19)14-29-22-10-9-16(12-20(22)25)13-26-28-23-27-21(15-30-23)18-6-2-1-3-7-18/h1-13,15H,14H2,(H,27,28). The van der Waals surface area contributed by atoms with Crippen LogP contribution in [0.25, 0.3) is 11.3 Å². The molecule has 4 aromatic rings. The van der Waals surface area contributed by atoms with Crippen LogP contribution in [0.2, 0.25) is 5.02 Å². The van der Waals surface area contributed by atoms with Gasteiger partial charge in [0.2, 0.25) is 5.13 Å². The van der Waals surface area contributed by atoms with Crippen molar-refractivity contribution in [1.29, 1.82) is 0 Å². The van der Waals surface area contributed by atoms with Crippen molar-refractivity contribution in [1.82, 2.24) is 4.98 Å². The molecule has 0 spiro atoms. The average Bonchev–Trinajstić information content (AvgIpc) is 3.23. The van der Waals surface area contributed by atoms with E-state index < -0.39 is 5.82 Å². The van der Waals surface area contributed by atoms with Gasteiger partial charge >= 0.3 is 0 Å². The van der Waals surface area contributed by atoms with E-state index in [2.05, 4.69) is 15.5 Å². The van der Waals surface area contributed by atoms with Crippen LogP contribution in [0.3, 0.4) is 0 Å². The second kappa shape index (κ2) is 9.52. The van der Waals surface area contributed by atoms with E-state index in [9.17, 15) is 4.39 Å². The molecule has 7 heteroatoms. The van der Waals surface area contributed by atoms with Gasteiger partial charge in [-0.15, -0.1) is 11.3 Å². The van der Waals surface area contributed by atoms with Crippen LogP contribution in [0, 0.1) is 5.82 Å². The second-order valence-corrected chi connectivity index (χ2v) is 7.68. The molecule has 0 aliphatic heterocycles. The number of nitrogens with one attached hydrogen (secondary N) is 1. The summed E-state index contributed by atoms with van der Waals surface area (Å²) >= 11 is 7.40.